The molecule has 4 nitrogen and oxygen atoms in total. The SMILES string of the molecule is CCn1cc(C(C)=O)c2cc(C(=O)O)cc(C(C)C)c21. The minimum Gasteiger partial charge on any atom is -0.478 e. The number of hydrogen-bond donors (Lipinski definition) is 1. The lowest BCUT2D eigenvalue weighted by atomic mass is 9.96. The minimum absolute atomic E-state index is 0.0422. The molecule has 1 heterocycles. The number of benzene rings is 1. The molecule has 0 fully saturated rings. The van der Waals surface area contributed by atoms with Gasteiger partial charge in [0.25, 0.3) is 0 Å². The zero-order chi connectivity index (χ0) is 15.0. The number of hydrogen-bond acceptors (Lipinski definition) is 2. The fourth-order valence-corrected chi connectivity index (χ4v) is 2.57. The Bertz CT molecular complexity index is 695. The van der Waals surface area contributed by atoms with Crippen LogP contribution in [0.5, 0.6) is 0 Å². The smallest absolute Gasteiger partial charge is 0.335 e. The molecule has 0 saturated heterocycles. The third-order valence-electron chi connectivity index (χ3n) is 3.59. The first-order chi connectivity index (χ1) is 9.36. The average molecular weight is 273 g/mol. The highest BCUT2D eigenvalue weighted by Gasteiger charge is 2.19. The van der Waals surface area contributed by atoms with Crippen molar-refractivity contribution < 1.29 is 14.7 Å². The van der Waals surface area contributed by atoms with Crippen molar-refractivity contribution in [2.75, 3.05) is 0 Å². The fourth-order valence-electron chi connectivity index (χ4n) is 2.57. The van der Waals surface area contributed by atoms with E-state index in [1.54, 1.807) is 12.1 Å². The van der Waals surface area contributed by atoms with Crippen molar-refractivity contribution in [2.24, 2.45) is 0 Å². The van der Waals surface area contributed by atoms with Gasteiger partial charge in [-0.05, 0) is 37.5 Å². The molecule has 20 heavy (non-hydrogen) atoms. The maximum Gasteiger partial charge on any atom is 0.335 e. The van der Waals surface area contributed by atoms with Crippen molar-refractivity contribution in [3.8, 4) is 0 Å². The summed E-state index contributed by atoms with van der Waals surface area (Å²) in [6.45, 7) is 8.33. The van der Waals surface area contributed by atoms with Gasteiger partial charge in [0.1, 0.15) is 0 Å². The maximum absolute atomic E-state index is 11.8. The number of carboxylic acid groups (broad SMARTS) is 1. The van der Waals surface area contributed by atoms with Crippen molar-refractivity contribution in [3.63, 3.8) is 0 Å². The van der Waals surface area contributed by atoms with Gasteiger partial charge in [0.05, 0.1) is 11.1 Å². The molecule has 2 rings (SSSR count). The lowest BCUT2D eigenvalue weighted by Crippen LogP contribution is -2.02. The van der Waals surface area contributed by atoms with Crippen molar-refractivity contribution in [2.45, 2.75) is 40.2 Å². The molecule has 2 aromatic rings. The molecule has 0 aliphatic rings. The van der Waals surface area contributed by atoms with E-state index in [0.717, 1.165) is 23.0 Å². The van der Waals surface area contributed by atoms with E-state index in [9.17, 15) is 14.7 Å². The highest BCUT2D eigenvalue weighted by Crippen LogP contribution is 2.31. The highest BCUT2D eigenvalue weighted by molar-refractivity contribution is 6.09. The molecule has 0 aliphatic carbocycles. The Balaban J connectivity index is 2.94. The number of nitrogens with zero attached hydrogens (tertiary/aromatic N) is 1. The Morgan fingerprint density at radius 1 is 1.30 bits per heavy atom. The van der Waals surface area contributed by atoms with Crippen molar-refractivity contribution in [1.82, 2.24) is 4.57 Å². The number of ketones is 1. The molecule has 0 atom stereocenters. The van der Waals surface area contributed by atoms with E-state index < -0.39 is 5.97 Å². The molecule has 0 amide bonds. The van der Waals surface area contributed by atoms with Crippen LogP contribution in [-0.2, 0) is 6.54 Å². The molecule has 4 heteroatoms. The molecule has 1 aromatic heterocycles. The fraction of sp³-hybridized carbons (Fsp3) is 0.375. The summed E-state index contributed by atoms with van der Waals surface area (Å²) in [5.74, 6) is -0.816. The predicted octanol–water partition coefficient (Wildman–Crippen LogP) is 3.69. The number of aryl methyl sites for hydroxylation is 1. The molecule has 106 valence electrons. The molecule has 0 bridgehead atoms. The van der Waals surface area contributed by atoms with Gasteiger partial charge in [-0.25, -0.2) is 4.79 Å². The molecule has 1 aromatic carbocycles. The van der Waals surface area contributed by atoms with Crippen LogP contribution in [0.4, 0.5) is 0 Å². The summed E-state index contributed by atoms with van der Waals surface area (Å²) < 4.78 is 2.02. The molecule has 0 saturated carbocycles. The van der Waals surface area contributed by atoms with Crippen LogP contribution in [0, 0.1) is 0 Å². The van der Waals surface area contributed by atoms with Crippen molar-refractivity contribution >= 4 is 22.7 Å². The van der Waals surface area contributed by atoms with Crippen LogP contribution in [0.25, 0.3) is 10.9 Å². The van der Waals surface area contributed by atoms with Crippen LogP contribution >= 0.6 is 0 Å². The second kappa shape index (κ2) is 5.12. The quantitative estimate of drug-likeness (QED) is 0.864. The number of carbonyl (C=O) groups excluding carboxylic acids is 1. The van der Waals surface area contributed by atoms with E-state index in [-0.39, 0.29) is 17.3 Å². The van der Waals surface area contributed by atoms with E-state index in [2.05, 4.69) is 0 Å². The van der Waals surface area contributed by atoms with Gasteiger partial charge in [-0.2, -0.15) is 0 Å². The highest BCUT2D eigenvalue weighted by atomic mass is 16.4. The number of carbonyl (C=O) groups is 2. The molecule has 0 radical (unpaired) electrons. The zero-order valence-corrected chi connectivity index (χ0v) is 12.2. The first-order valence-electron chi connectivity index (χ1n) is 6.77. The van der Waals surface area contributed by atoms with Gasteiger partial charge in [-0.1, -0.05) is 13.8 Å². The zero-order valence-electron chi connectivity index (χ0n) is 12.2. The first kappa shape index (κ1) is 14.3. The van der Waals surface area contributed by atoms with E-state index in [0.29, 0.717) is 5.56 Å². The predicted molar refractivity (Wildman–Crippen MR) is 78.7 cm³/mol. The summed E-state index contributed by atoms with van der Waals surface area (Å²) in [6.07, 6.45) is 1.82. The average Bonchev–Trinajstić information content (AvgIpc) is 2.75. The number of rotatable bonds is 4. The summed E-state index contributed by atoms with van der Waals surface area (Å²) in [4.78, 5) is 23.1. The number of Topliss-reactive ketones (excluding diaryl/α,β-unsaturated/α-hetero) is 1. The molecule has 0 unspecified atom stereocenters. The van der Waals surface area contributed by atoms with E-state index >= 15 is 0 Å². The van der Waals surface area contributed by atoms with Crippen LogP contribution < -0.4 is 0 Å². The number of aromatic carboxylic acids is 1. The Labute approximate surface area is 118 Å². The number of carboxylic acids is 1. The third-order valence-corrected chi connectivity index (χ3v) is 3.59. The first-order valence-corrected chi connectivity index (χ1v) is 6.77. The van der Waals surface area contributed by atoms with E-state index in [1.165, 1.54) is 6.92 Å². The lowest BCUT2D eigenvalue weighted by Gasteiger charge is -2.12. The van der Waals surface area contributed by atoms with Gasteiger partial charge in [0.15, 0.2) is 5.78 Å². The second-order valence-electron chi connectivity index (χ2n) is 5.31. The summed E-state index contributed by atoms with van der Waals surface area (Å²) in [7, 11) is 0. The maximum atomic E-state index is 11.8. The van der Waals surface area contributed by atoms with E-state index in [1.807, 2.05) is 31.5 Å². The topological polar surface area (TPSA) is 59.3 Å². The van der Waals surface area contributed by atoms with Gasteiger partial charge in [0, 0.05) is 23.7 Å². The lowest BCUT2D eigenvalue weighted by molar-refractivity contribution is 0.0696. The van der Waals surface area contributed by atoms with Gasteiger partial charge in [-0.15, -0.1) is 0 Å². The van der Waals surface area contributed by atoms with E-state index in [4.69, 9.17) is 0 Å². The molecular weight excluding hydrogens is 254 g/mol. The van der Waals surface area contributed by atoms with Crippen molar-refractivity contribution in [3.05, 3.63) is 35.0 Å². The van der Waals surface area contributed by atoms with Crippen LogP contribution in [0.3, 0.4) is 0 Å². The Morgan fingerprint density at radius 2 is 1.95 bits per heavy atom. The van der Waals surface area contributed by atoms with Crippen molar-refractivity contribution in [1.29, 1.82) is 0 Å². The van der Waals surface area contributed by atoms with Crippen LogP contribution in [-0.4, -0.2) is 21.4 Å². The largest absolute Gasteiger partial charge is 0.478 e. The molecular formula is C16H19NO3. The third kappa shape index (κ3) is 2.22. The van der Waals surface area contributed by atoms with Gasteiger partial charge in [0.2, 0.25) is 0 Å². The van der Waals surface area contributed by atoms with Gasteiger partial charge < -0.3 is 9.67 Å². The monoisotopic (exact) mass is 273 g/mol. The summed E-state index contributed by atoms with van der Waals surface area (Å²) in [6, 6.07) is 3.32. The summed E-state index contributed by atoms with van der Waals surface area (Å²) >= 11 is 0. The van der Waals surface area contributed by atoms with Gasteiger partial charge in [-0.3, -0.25) is 4.79 Å². The number of aromatic nitrogens is 1. The summed E-state index contributed by atoms with van der Waals surface area (Å²) in [5.41, 5.74) is 2.76. The van der Waals surface area contributed by atoms with Crippen LogP contribution in [0.2, 0.25) is 0 Å². The van der Waals surface area contributed by atoms with Gasteiger partial charge >= 0.3 is 5.97 Å². The minimum atomic E-state index is -0.965. The Morgan fingerprint density at radius 3 is 2.40 bits per heavy atom. The number of fused-ring (bicyclic) bond motifs is 1. The Kier molecular flexibility index (Phi) is 3.66. The van der Waals surface area contributed by atoms with Crippen LogP contribution in [0.15, 0.2) is 18.3 Å². The molecule has 0 aliphatic heterocycles. The normalized spacial score (nSPS) is 11.2. The molecule has 1 N–H and O–H groups in total. The summed E-state index contributed by atoms with van der Waals surface area (Å²) in [5, 5.41) is 9.99. The van der Waals surface area contributed by atoms with Crippen LogP contribution in [0.1, 0.15) is 59.9 Å². The standard InChI is InChI=1S/C16H19NO3/c1-5-17-8-14(10(4)18)13-7-11(16(19)20)6-12(9(2)3)15(13)17/h6-9H,5H2,1-4H3,(H,19,20). The Hall–Kier alpha value is -2.10. The second-order valence-corrected chi connectivity index (χ2v) is 5.31. The molecule has 0 spiro atoms.